The van der Waals surface area contributed by atoms with Crippen LogP contribution in [-0.2, 0) is 11.2 Å². The topological polar surface area (TPSA) is 106 Å². The highest BCUT2D eigenvalue weighted by atomic mass is 16.5. The smallest absolute Gasteiger partial charge is 0.231 e. The number of hydrogen-bond donors (Lipinski definition) is 3. The Kier molecular flexibility index (Phi) is 6.40. The second-order valence-electron chi connectivity index (χ2n) is 8.93. The molecule has 1 amide bonds. The molecule has 1 saturated carbocycles. The number of H-pyrrole nitrogens is 1. The SMILES string of the molecule is COc1ccc2c(c1)C[C@H](C(=O)Nc1ccc(-c3cn[nH]c3)cc1O[C@@H]1CCC[C@@H](O)C1)CO2. The first kappa shape index (κ1) is 22.3. The third kappa shape index (κ3) is 4.87. The second-order valence-corrected chi connectivity index (χ2v) is 8.93. The van der Waals surface area contributed by atoms with Gasteiger partial charge in [-0.05, 0) is 67.1 Å². The summed E-state index contributed by atoms with van der Waals surface area (Å²) in [7, 11) is 1.62. The van der Waals surface area contributed by atoms with Gasteiger partial charge >= 0.3 is 0 Å². The fourth-order valence-corrected chi connectivity index (χ4v) is 4.62. The Labute approximate surface area is 198 Å². The number of aliphatic hydroxyl groups excluding tert-OH is 1. The van der Waals surface area contributed by atoms with Gasteiger partial charge in [0.2, 0.25) is 5.91 Å². The number of hydrogen-bond acceptors (Lipinski definition) is 6. The number of nitrogens with one attached hydrogen (secondary N) is 2. The fraction of sp³-hybridized carbons (Fsp3) is 0.385. The average Bonchev–Trinajstić information content (AvgIpc) is 3.39. The zero-order valence-corrected chi connectivity index (χ0v) is 19.1. The number of fused-ring (bicyclic) bond motifs is 1. The molecule has 2 heterocycles. The first-order valence-corrected chi connectivity index (χ1v) is 11.7. The summed E-state index contributed by atoms with van der Waals surface area (Å²) < 4.78 is 17.5. The normalized spacial score (nSPS) is 21.8. The van der Waals surface area contributed by atoms with Crippen LogP contribution in [0.4, 0.5) is 5.69 Å². The van der Waals surface area contributed by atoms with E-state index in [1.54, 1.807) is 13.3 Å². The van der Waals surface area contributed by atoms with E-state index in [9.17, 15) is 9.90 Å². The molecule has 1 aliphatic carbocycles. The van der Waals surface area contributed by atoms with Gasteiger partial charge in [-0.2, -0.15) is 5.10 Å². The number of benzene rings is 2. The van der Waals surface area contributed by atoms with Crippen molar-refractivity contribution in [2.45, 2.75) is 44.3 Å². The summed E-state index contributed by atoms with van der Waals surface area (Å²) >= 11 is 0. The van der Waals surface area contributed by atoms with Crippen LogP contribution >= 0.6 is 0 Å². The van der Waals surface area contributed by atoms with Crippen LogP contribution in [0.2, 0.25) is 0 Å². The predicted molar refractivity (Wildman–Crippen MR) is 127 cm³/mol. The lowest BCUT2D eigenvalue weighted by molar-refractivity contribution is -0.121. The minimum atomic E-state index is -0.356. The Balaban J connectivity index is 1.36. The lowest BCUT2D eigenvalue weighted by Crippen LogP contribution is -2.33. The number of rotatable bonds is 6. The zero-order valence-electron chi connectivity index (χ0n) is 19.1. The third-order valence-corrected chi connectivity index (χ3v) is 6.51. The molecule has 178 valence electrons. The van der Waals surface area contributed by atoms with Crippen molar-refractivity contribution in [3.8, 4) is 28.4 Å². The maximum Gasteiger partial charge on any atom is 0.231 e. The van der Waals surface area contributed by atoms with Crippen molar-refractivity contribution in [2.24, 2.45) is 5.92 Å². The van der Waals surface area contributed by atoms with E-state index in [4.69, 9.17) is 14.2 Å². The Morgan fingerprint density at radius 1 is 1.21 bits per heavy atom. The van der Waals surface area contributed by atoms with Crippen LogP contribution in [0.15, 0.2) is 48.8 Å². The van der Waals surface area contributed by atoms with Crippen LogP contribution in [0.5, 0.6) is 17.2 Å². The van der Waals surface area contributed by atoms with Crippen LogP contribution < -0.4 is 19.5 Å². The Hall–Kier alpha value is -3.52. The van der Waals surface area contributed by atoms with Crippen molar-refractivity contribution < 1.29 is 24.1 Å². The summed E-state index contributed by atoms with van der Waals surface area (Å²) in [6, 6.07) is 11.3. The molecule has 2 aromatic carbocycles. The average molecular weight is 464 g/mol. The van der Waals surface area contributed by atoms with Crippen LogP contribution in [0.1, 0.15) is 31.2 Å². The molecule has 1 fully saturated rings. The molecule has 0 bridgehead atoms. The molecule has 1 aromatic heterocycles. The van der Waals surface area contributed by atoms with Gasteiger partial charge < -0.3 is 24.6 Å². The molecule has 2 aliphatic rings. The van der Waals surface area contributed by atoms with E-state index >= 15 is 0 Å². The number of ether oxygens (including phenoxy) is 3. The Bertz CT molecular complexity index is 1150. The molecule has 3 N–H and O–H groups in total. The molecule has 8 nitrogen and oxygen atoms in total. The quantitative estimate of drug-likeness (QED) is 0.511. The molecular formula is C26H29N3O5. The van der Waals surface area contributed by atoms with E-state index in [1.165, 1.54) is 0 Å². The van der Waals surface area contributed by atoms with Gasteiger partial charge in [0.1, 0.15) is 30.0 Å². The summed E-state index contributed by atoms with van der Waals surface area (Å²) in [5.41, 5.74) is 3.42. The fourth-order valence-electron chi connectivity index (χ4n) is 4.62. The monoisotopic (exact) mass is 463 g/mol. The van der Waals surface area contributed by atoms with Gasteiger partial charge in [0, 0.05) is 18.2 Å². The number of carbonyl (C=O) groups is 1. The molecule has 8 heteroatoms. The predicted octanol–water partition coefficient (Wildman–Crippen LogP) is 3.96. The Morgan fingerprint density at radius 3 is 2.91 bits per heavy atom. The largest absolute Gasteiger partial charge is 0.497 e. The summed E-state index contributed by atoms with van der Waals surface area (Å²) in [5, 5.41) is 20.0. The van der Waals surface area contributed by atoms with E-state index in [-0.39, 0.29) is 24.0 Å². The van der Waals surface area contributed by atoms with Crippen LogP contribution in [0.3, 0.4) is 0 Å². The number of aromatic nitrogens is 2. The standard InChI is InChI=1S/C26H29N3O5/c1-32-21-6-8-24-17(10-21)9-18(15-33-24)26(31)29-23-7-5-16(19-13-27-28-14-19)11-25(23)34-22-4-2-3-20(30)12-22/h5-8,10-11,13-14,18,20,22,30H,2-4,9,12,15H2,1H3,(H,27,28)(H,29,31)/t18-,20+,22+/m0/s1. The second kappa shape index (κ2) is 9.77. The number of amides is 1. The molecule has 34 heavy (non-hydrogen) atoms. The molecule has 0 saturated heterocycles. The highest BCUT2D eigenvalue weighted by Crippen LogP contribution is 2.35. The number of methoxy groups -OCH3 is 1. The van der Waals surface area contributed by atoms with Gasteiger partial charge in [0.05, 0.1) is 31.0 Å². The van der Waals surface area contributed by atoms with Gasteiger partial charge in [0.25, 0.3) is 0 Å². The minimum Gasteiger partial charge on any atom is -0.497 e. The first-order chi connectivity index (χ1) is 16.6. The van der Waals surface area contributed by atoms with Crippen LogP contribution in [-0.4, -0.2) is 47.1 Å². The lowest BCUT2D eigenvalue weighted by atomic mass is 9.95. The molecule has 0 unspecified atom stereocenters. The Morgan fingerprint density at radius 2 is 2.12 bits per heavy atom. The number of aromatic amines is 1. The van der Waals surface area contributed by atoms with E-state index in [0.717, 1.165) is 47.5 Å². The summed E-state index contributed by atoms with van der Waals surface area (Å²) in [4.78, 5) is 13.2. The zero-order chi connectivity index (χ0) is 23.5. The highest BCUT2D eigenvalue weighted by molar-refractivity contribution is 5.95. The van der Waals surface area contributed by atoms with Crippen LogP contribution in [0, 0.1) is 5.92 Å². The van der Waals surface area contributed by atoms with Crippen molar-refractivity contribution in [1.29, 1.82) is 0 Å². The lowest BCUT2D eigenvalue weighted by Gasteiger charge is -2.28. The molecular weight excluding hydrogens is 434 g/mol. The number of aliphatic hydroxyl groups is 1. The minimum absolute atomic E-state index is 0.101. The number of nitrogens with zero attached hydrogens (tertiary/aromatic N) is 1. The third-order valence-electron chi connectivity index (χ3n) is 6.51. The molecule has 1 aliphatic heterocycles. The molecule has 3 aromatic rings. The van der Waals surface area contributed by atoms with Gasteiger partial charge in [-0.15, -0.1) is 0 Å². The molecule has 5 rings (SSSR count). The first-order valence-electron chi connectivity index (χ1n) is 11.7. The van der Waals surface area contributed by atoms with Crippen molar-refractivity contribution in [3.05, 3.63) is 54.4 Å². The summed E-state index contributed by atoms with van der Waals surface area (Å²) in [6.07, 6.45) is 6.83. The maximum absolute atomic E-state index is 13.2. The van der Waals surface area contributed by atoms with Gasteiger partial charge in [-0.25, -0.2) is 0 Å². The van der Waals surface area contributed by atoms with Crippen molar-refractivity contribution in [3.63, 3.8) is 0 Å². The van der Waals surface area contributed by atoms with E-state index < -0.39 is 0 Å². The van der Waals surface area contributed by atoms with Crippen LogP contribution in [0.25, 0.3) is 11.1 Å². The summed E-state index contributed by atoms with van der Waals surface area (Å²) in [6.45, 7) is 0.309. The van der Waals surface area contributed by atoms with E-state index in [1.807, 2.05) is 42.6 Å². The number of anilines is 1. The van der Waals surface area contributed by atoms with Crippen molar-refractivity contribution in [1.82, 2.24) is 10.2 Å². The molecule has 0 spiro atoms. The maximum atomic E-state index is 13.2. The summed E-state index contributed by atoms with van der Waals surface area (Å²) in [5.74, 6) is 1.65. The van der Waals surface area contributed by atoms with Crippen molar-refractivity contribution in [2.75, 3.05) is 19.0 Å². The molecule has 3 atom stereocenters. The highest BCUT2D eigenvalue weighted by Gasteiger charge is 2.28. The van der Waals surface area contributed by atoms with E-state index in [0.29, 0.717) is 30.9 Å². The number of carbonyl (C=O) groups excluding carboxylic acids is 1. The van der Waals surface area contributed by atoms with E-state index in [2.05, 4.69) is 15.5 Å². The van der Waals surface area contributed by atoms with Crippen molar-refractivity contribution >= 4 is 11.6 Å². The molecule has 0 radical (unpaired) electrons. The van der Waals surface area contributed by atoms with Gasteiger partial charge in [-0.3, -0.25) is 9.89 Å². The van der Waals surface area contributed by atoms with Gasteiger partial charge in [0.15, 0.2) is 0 Å². The van der Waals surface area contributed by atoms with Gasteiger partial charge in [-0.1, -0.05) is 6.07 Å².